The fourth-order valence-electron chi connectivity index (χ4n) is 0.447. The Bertz CT molecular complexity index is 134. The van der Waals surface area contributed by atoms with E-state index in [0.29, 0.717) is 12.0 Å². The number of hydrogen-bond donors (Lipinski definition) is 0. The second-order valence-electron chi connectivity index (χ2n) is 2.03. The highest BCUT2D eigenvalue weighted by molar-refractivity contribution is 5.94. The van der Waals surface area contributed by atoms with Crippen LogP contribution in [0.3, 0.4) is 0 Å². The highest BCUT2D eigenvalue weighted by atomic mass is 16.1. The summed E-state index contributed by atoms with van der Waals surface area (Å²) in [5, 5.41) is 0. The second-order valence-corrected chi connectivity index (χ2v) is 2.03. The second kappa shape index (κ2) is 4.07. The molecule has 0 saturated heterocycles. The van der Waals surface area contributed by atoms with Gasteiger partial charge in [-0.2, -0.15) is 0 Å². The van der Waals surface area contributed by atoms with Crippen LogP contribution >= 0.6 is 0 Å². The van der Waals surface area contributed by atoms with E-state index in [4.69, 9.17) is 0 Å². The Kier molecular flexibility index (Phi) is 3.69. The molecule has 0 aliphatic heterocycles. The van der Waals surface area contributed by atoms with Crippen LogP contribution in [0.25, 0.3) is 0 Å². The maximum Gasteiger partial charge on any atom is 0.158 e. The molecule has 0 fully saturated rings. The van der Waals surface area contributed by atoms with E-state index in [1.807, 2.05) is 0 Å². The Morgan fingerprint density at radius 2 is 2.22 bits per heavy atom. The van der Waals surface area contributed by atoms with Crippen LogP contribution in [0.1, 0.15) is 19.8 Å². The third-order valence-corrected chi connectivity index (χ3v) is 1.05. The first kappa shape index (κ1) is 8.15. The molecule has 0 radical (unpaired) electrons. The monoisotopic (exact) mass is 124 g/mol. The minimum Gasteiger partial charge on any atom is -0.295 e. The van der Waals surface area contributed by atoms with Crippen molar-refractivity contribution < 1.29 is 4.79 Å². The minimum absolute atomic E-state index is 0.134. The van der Waals surface area contributed by atoms with Crippen molar-refractivity contribution >= 4 is 5.78 Å². The van der Waals surface area contributed by atoms with Gasteiger partial charge in [0.1, 0.15) is 0 Å². The first-order valence-corrected chi connectivity index (χ1v) is 2.98. The van der Waals surface area contributed by atoms with E-state index in [1.165, 1.54) is 0 Å². The highest BCUT2D eigenvalue weighted by Crippen LogP contribution is 1.98. The largest absolute Gasteiger partial charge is 0.295 e. The van der Waals surface area contributed by atoms with Crippen LogP contribution in [0.4, 0.5) is 0 Å². The van der Waals surface area contributed by atoms with Crippen LogP contribution in [-0.4, -0.2) is 5.78 Å². The smallest absolute Gasteiger partial charge is 0.158 e. The van der Waals surface area contributed by atoms with E-state index in [9.17, 15) is 4.79 Å². The molecule has 0 unspecified atom stereocenters. The number of rotatable bonds is 4. The summed E-state index contributed by atoms with van der Waals surface area (Å²) in [5.41, 5.74) is 0.636. The molecule has 0 heterocycles. The zero-order valence-corrected chi connectivity index (χ0v) is 5.81. The molecule has 1 heteroatoms. The molecule has 50 valence electrons. The van der Waals surface area contributed by atoms with E-state index in [1.54, 1.807) is 13.0 Å². The number of Topliss-reactive ketones (excluding diaryl/α,β-unsaturated/α-hetero) is 1. The Morgan fingerprint density at radius 3 is 2.56 bits per heavy atom. The molecular formula is C8H12O. The summed E-state index contributed by atoms with van der Waals surface area (Å²) in [5.74, 6) is 0.134. The number of ketones is 1. The Balaban J connectivity index is 3.51. The van der Waals surface area contributed by atoms with E-state index < -0.39 is 0 Å². The lowest BCUT2D eigenvalue weighted by Crippen LogP contribution is -1.95. The predicted octanol–water partition coefficient (Wildman–Crippen LogP) is 2.10. The molecule has 0 aliphatic rings. The molecule has 0 saturated carbocycles. The Morgan fingerprint density at radius 1 is 1.67 bits per heavy atom. The van der Waals surface area contributed by atoms with Gasteiger partial charge in [-0.3, -0.25) is 4.79 Å². The van der Waals surface area contributed by atoms with Gasteiger partial charge in [-0.05, 0) is 18.9 Å². The Hall–Kier alpha value is -0.850. The highest BCUT2D eigenvalue weighted by Gasteiger charge is 1.97. The van der Waals surface area contributed by atoms with Crippen molar-refractivity contribution in [3.8, 4) is 0 Å². The van der Waals surface area contributed by atoms with E-state index in [0.717, 1.165) is 6.42 Å². The molecular weight excluding hydrogens is 112 g/mol. The zero-order valence-electron chi connectivity index (χ0n) is 5.81. The molecule has 0 amide bonds. The zero-order chi connectivity index (χ0) is 7.28. The van der Waals surface area contributed by atoms with Gasteiger partial charge < -0.3 is 0 Å². The normalized spacial score (nSPS) is 8.56. The molecule has 0 aromatic heterocycles. The number of allylic oxidation sites excluding steroid dienone is 2. The van der Waals surface area contributed by atoms with Gasteiger partial charge in [0, 0.05) is 6.42 Å². The van der Waals surface area contributed by atoms with Crippen LogP contribution in [0.5, 0.6) is 0 Å². The van der Waals surface area contributed by atoms with Gasteiger partial charge in [0.15, 0.2) is 5.78 Å². The molecule has 0 spiro atoms. The summed E-state index contributed by atoms with van der Waals surface area (Å²) in [6.07, 6.45) is 3.05. The average Bonchev–Trinajstić information content (AvgIpc) is 1.82. The SMILES string of the molecule is C=CCCC(=O)C(=C)C. The quantitative estimate of drug-likeness (QED) is 0.414. The molecule has 0 aliphatic carbocycles. The van der Waals surface area contributed by atoms with Gasteiger partial charge in [0.25, 0.3) is 0 Å². The van der Waals surface area contributed by atoms with E-state index >= 15 is 0 Å². The number of hydrogen-bond acceptors (Lipinski definition) is 1. The summed E-state index contributed by atoms with van der Waals surface area (Å²) in [6, 6.07) is 0. The fourth-order valence-corrected chi connectivity index (χ4v) is 0.447. The maximum atomic E-state index is 10.8. The fraction of sp³-hybridized carbons (Fsp3) is 0.375. The lowest BCUT2D eigenvalue weighted by molar-refractivity contribution is -0.115. The maximum absolute atomic E-state index is 10.8. The van der Waals surface area contributed by atoms with Crippen LogP contribution < -0.4 is 0 Å². The average molecular weight is 124 g/mol. The molecule has 0 aromatic carbocycles. The predicted molar refractivity (Wildman–Crippen MR) is 39.3 cm³/mol. The summed E-state index contributed by atoms with van der Waals surface area (Å²) >= 11 is 0. The van der Waals surface area contributed by atoms with Crippen molar-refractivity contribution in [2.24, 2.45) is 0 Å². The summed E-state index contributed by atoms with van der Waals surface area (Å²) in [6.45, 7) is 8.76. The lowest BCUT2D eigenvalue weighted by atomic mass is 10.1. The van der Waals surface area contributed by atoms with Gasteiger partial charge in [0.2, 0.25) is 0 Å². The first-order chi connectivity index (χ1) is 4.18. The van der Waals surface area contributed by atoms with E-state index in [-0.39, 0.29) is 5.78 Å². The van der Waals surface area contributed by atoms with Crippen LogP contribution in [0, 0.1) is 0 Å². The topological polar surface area (TPSA) is 17.1 Å². The third kappa shape index (κ3) is 3.71. The van der Waals surface area contributed by atoms with Gasteiger partial charge in [0.05, 0.1) is 0 Å². The number of carbonyl (C=O) groups is 1. The van der Waals surface area contributed by atoms with Crippen molar-refractivity contribution in [3.63, 3.8) is 0 Å². The van der Waals surface area contributed by atoms with Crippen LogP contribution in [0.15, 0.2) is 24.8 Å². The summed E-state index contributed by atoms with van der Waals surface area (Å²) in [7, 11) is 0. The van der Waals surface area contributed by atoms with Gasteiger partial charge in [-0.25, -0.2) is 0 Å². The molecule has 0 atom stereocenters. The summed E-state index contributed by atoms with van der Waals surface area (Å²) < 4.78 is 0. The van der Waals surface area contributed by atoms with Crippen LogP contribution in [-0.2, 0) is 4.79 Å². The van der Waals surface area contributed by atoms with Gasteiger partial charge >= 0.3 is 0 Å². The summed E-state index contributed by atoms with van der Waals surface area (Å²) in [4.78, 5) is 10.8. The third-order valence-electron chi connectivity index (χ3n) is 1.05. The Labute approximate surface area is 56.1 Å². The molecule has 0 rings (SSSR count). The minimum atomic E-state index is 0.134. The first-order valence-electron chi connectivity index (χ1n) is 2.98. The van der Waals surface area contributed by atoms with E-state index in [2.05, 4.69) is 13.2 Å². The number of carbonyl (C=O) groups excluding carboxylic acids is 1. The molecule has 1 nitrogen and oxygen atoms in total. The van der Waals surface area contributed by atoms with Gasteiger partial charge in [-0.15, -0.1) is 6.58 Å². The molecule has 0 aromatic rings. The van der Waals surface area contributed by atoms with Gasteiger partial charge in [-0.1, -0.05) is 12.7 Å². The van der Waals surface area contributed by atoms with Crippen molar-refractivity contribution in [2.45, 2.75) is 19.8 Å². The van der Waals surface area contributed by atoms with Crippen molar-refractivity contribution in [1.82, 2.24) is 0 Å². The van der Waals surface area contributed by atoms with Crippen molar-refractivity contribution in [2.75, 3.05) is 0 Å². The van der Waals surface area contributed by atoms with Crippen LogP contribution in [0.2, 0.25) is 0 Å². The molecule has 0 bridgehead atoms. The standard InChI is InChI=1S/C8H12O/c1-4-5-6-8(9)7(2)3/h4H,1-2,5-6H2,3H3. The van der Waals surface area contributed by atoms with Crippen molar-refractivity contribution in [3.05, 3.63) is 24.8 Å². The van der Waals surface area contributed by atoms with Crippen molar-refractivity contribution in [1.29, 1.82) is 0 Å². The molecule has 9 heavy (non-hydrogen) atoms. The lowest BCUT2D eigenvalue weighted by Gasteiger charge is -1.92. The molecule has 0 N–H and O–H groups in total.